The number of aromatic nitrogens is 2. The van der Waals surface area contributed by atoms with Gasteiger partial charge in [0.05, 0.1) is 22.1 Å². The molecule has 0 radical (unpaired) electrons. The van der Waals surface area contributed by atoms with E-state index in [1.165, 1.54) is 93.7 Å². The van der Waals surface area contributed by atoms with Crippen LogP contribution >= 0.6 is 0 Å². The standard InChI is InChI=1S/C57H40N2/c1-2-12-39-13-10-16-43(35-39)41-23-29-48(30-24-41)58-54-21-8-6-19-50(54)52-37-46(27-33-56(52)58)47-28-34-57-53(38-47)51-20-7-9-22-55(51)59(57)49-31-25-42(26-32-49)45-18-11-17-44(36-45)40-14-4-3-5-15-40/h2-11,13-38H,1,12H2. The van der Waals surface area contributed by atoms with Gasteiger partial charge in [-0.2, -0.15) is 0 Å². The van der Waals surface area contributed by atoms with Crippen LogP contribution in [0.1, 0.15) is 5.56 Å². The summed E-state index contributed by atoms with van der Waals surface area (Å²) in [6.07, 6.45) is 2.83. The van der Waals surface area contributed by atoms with Crippen LogP contribution in [0.4, 0.5) is 0 Å². The normalized spacial score (nSPS) is 11.5. The van der Waals surface area contributed by atoms with E-state index in [2.05, 4.69) is 228 Å². The fraction of sp³-hybridized carbons (Fsp3) is 0.0175. The molecule has 0 saturated carbocycles. The molecule has 0 amide bonds. The molecule has 0 aliphatic rings. The maximum atomic E-state index is 3.92. The van der Waals surface area contributed by atoms with Crippen molar-refractivity contribution in [1.82, 2.24) is 9.13 Å². The zero-order valence-electron chi connectivity index (χ0n) is 32.6. The summed E-state index contributed by atoms with van der Waals surface area (Å²) >= 11 is 0. The predicted octanol–water partition coefficient (Wildman–Crippen LogP) is 15.3. The Bertz CT molecular complexity index is 3340. The summed E-state index contributed by atoms with van der Waals surface area (Å²) in [7, 11) is 0. The van der Waals surface area contributed by atoms with E-state index in [4.69, 9.17) is 0 Å². The van der Waals surface area contributed by atoms with Crippen LogP contribution in [0.5, 0.6) is 0 Å². The van der Waals surface area contributed by atoms with Crippen LogP contribution in [0.25, 0.3) is 99.5 Å². The number of allylic oxidation sites excluding steroid dienone is 1. The molecule has 278 valence electrons. The molecule has 0 bridgehead atoms. The average Bonchev–Trinajstić information content (AvgIpc) is 3.82. The Morgan fingerprint density at radius 1 is 0.305 bits per heavy atom. The molecule has 0 fully saturated rings. The van der Waals surface area contributed by atoms with Gasteiger partial charge in [0.25, 0.3) is 0 Å². The number of rotatable bonds is 8. The SMILES string of the molecule is C=CCc1cccc(-c2ccc(-n3c4ccccc4c4cc(-c5ccc6c(c5)c5ccccc5n6-c5ccc(-c6cccc(-c7ccccc7)c6)cc5)ccc43)cc2)c1. The van der Waals surface area contributed by atoms with Gasteiger partial charge in [0.15, 0.2) is 0 Å². The molecule has 0 aliphatic carbocycles. The van der Waals surface area contributed by atoms with Gasteiger partial charge in [-0.05, 0) is 123 Å². The summed E-state index contributed by atoms with van der Waals surface area (Å²) in [6, 6.07) is 77.6. The Balaban J connectivity index is 0.961. The highest BCUT2D eigenvalue weighted by atomic mass is 15.0. The molecule has 2 nitrogen and oxygen atoms in total. The molecule has 0 aliphatic heterocycles. The lowest BCUT2D eigenvalue weighted by atomic mass is 9.99. The minimum absolute atomic E-state index is 0.868. The highest BCUT2D eigenvalue weighted by molar-refractivity contribution is 6.12. The van der Waals surface area contributed by atoms with Gasteiger partial charge in [0, 0.05) is 32.9 Å². The molecule has 0 atom stereocenters. The Hall–Kier alpha value is -7.68. The zero-order chi connectivity index (χ0) is 39.3. The number of hydrogen-bond acceptors (Lipinski definition) is 0. The monoisotopic (exact) mass is 752 g/mol. The third-order valence-corrected chi connectivity index (χ3v) is 11.9. The van der Waals surface area contributed by atoms with Crippen molar-refractivity contribution in [3.05, 3.63) is 231 Å². The molecular weight excluding hydrogens is 713 g/mol. The van der Waals surface area contributed by atoms with Crippen molar-refractivity contribution in [1.29, 1.82) is 0 Å². The lowest BCUT2D eigenvalue weighted by Gasteiger charge is -2.11. The van der Waals surface area contributed by atoms with Gasteiger partial charge in [-0.1, -0.05) is 152 Å². The number of fused-ring (bicyclic) bond motifs is 6. The van der Waals surface area contributed by atoms with Crippen molar-refractivity contribution in [2.75, 3.05) is 0 Å². The van der Waals surface area contributed by atoms with E-state index in [1.54, 1.807) is 0 Å². The molecule has 2 heteroatoms. The van der Waals surface area contributed by atoms with Crippen molar-refractivity contribution in [2.24, 2.45) is 0 Å². The van der Waals surface area contributed by atoms with Crippen molar-refractivity contribution >= 4 is 43.6 Å². The Morgan fingerprint density at radius 3 is 1.22 bits per heavy atom. The quantitative estimate of drug-likeness (QED) is 0.137. The second-order valence-corrected chi connectivity index (χ2v) is 15.4. The van der Waals surface area contributed by atoms with Crippen LogP contribution in [-0.4, -0.2) is 9.13 Å². The van der Waals surface area contributed by atoms with Crippen molar-refractivity contribution < 1.29 is 0 Å². The lowest BCUT2D eigenvalue weighted by molar-refractivity contribution is 1.18. The van der Waals surface area contributed by atoms with E-state index in [-0.39, 0.29) is 0 Å². The van der Waals surface area contributed by atoms with E-state index in [1.807, 2.05) is 6.08 Å². The highest BCUT2D eigenvalue weighted by Gasteiger charge is 2.16. The molecule has 0 unspecified atom stereocenters. The van der Waals surface area contributed by atoms with Gasteiger partial charge in [-0.25, -0.2) is 0 Å². The molecule has 0 saturated heterocycles. The number of benzene rings is 9. The molecule has 2 aromatic heterocycles. The van der Waals surface area contributed by atoms with Gasteiger partial charge >= 0.3 is 0 Å². The number of para-hydroxylation sites is 2. The average molecular weight is 753 g/mol. The van der Waals surface area contributed by atoms with Crippen LogP contribution in [0.2, 0.25) is 0 Å². The molecule has 2 heterocycles. The first-order valence-electron chi connectivity index (χ1n) is 20.3. The maximum Gasteiger partial charge on any atom is 0.0541 e. The topological polar surface area (TPSA) is 9.86 Å². The summed E-state index contributed by atoms with van der Waals surface area (Å²) in [6.45, 7) is 3.92. The minimum Gasteiger partial charge on any atom is -0.309 e. The van der Waals surface area contributed by atoms with E-state index < -0.39 is 0 Å². The molecule has 0 N–H and O–H groups in total. The van der Waals surface area contributed by atoms with Crippen molar-refractivity contribution in [3.63, 3.8) is 0 Å². The molecule has 59 heavy (non-hydrogen) atoms. The van der Waals surface area contributed by atoms with Crippen molar-refractivity contribution in [2.45, 2.75) is 6.42 Å². The van der Waals surface area contributed by atoms with Crippen LogP contribution in [0.3, 0.4) is 0 Å². The van der Waals surface area contributed by atoms with Gasteiger partial charge in [-0.15, -0.1) is 6.58 Å². The van der Waals surface area contributed by atoms with Gasteiger partial charge in [0.2, 0.25) is 0 Å². The second-order valence-electron chi connectivity index (χ2n) is 15.4. The third-order valence-electron chi connectivity index (χ3n) is 11.9. The molecular formula is C57H40N2. The van der Waals surface area contributed by atoms with Gasteiger partial charge in [-0.3, -0.25) is 0 Å². The first-order valence-corrected chi connectivity index (χ1v) is 20.3. The third kappa shape index (κ3) is 6.05. The lowest BCUT2D eigenvalue weighted by Crippen LogP contribution is -1.94. The zero-order valence-corrected chi connectivity index (χ0v) is 32.6. The van der Waals surface area contributed by atoms with E-state index in [0.29, 0.717) is 0 Å². The fourth-order valence-corrected chi connectivity index (χ4v) is 9.02. The number of nitrogens with zero attached hydrogens (tertiary/aromatic N) is 2. The Labute approximate surface area is 344 Å². The van der Waals surface area contributed by atoms with Crippen LogP contribution in [0.15, 0.2) is 225 Å². The molecule has 11 rings (SSSR count). The summed E-state index contributed by atoms with van der Waals surface area (Å²) in [4.78, 5) is 0. The fourth-order valence-electron chi connectivity index (χ4n) is 9.02. The van der Waals surface area contributed by atoms with Crippen LogP contribution in [-0.2, 0) is 6.42 Å². The van der Waals surface area contributed by atoms with E-state index >= 15 is 0 Å². The second kappa shape index (κ2) is 14.4. The minimum atomic E-state index is 0.868. The van der Waals surface area contributed by atoms with Crippen LogP contribution < -0.4 is 0 Å². The first-order chi connectivity index (χ1) is 29.2. The van der Waals surface area contributed by atoms with E-state index in [0.717, 1.165) is 17.8 Å². The summed E-state index contributed by atoms with van der Waals surface area (Å²) in [5, 5.41) is 4.99. The largest absolute Gasteiger partial charge is 0.309 e. The Morgan fingerprint density at radius 2 is 0.695 bits per heavy atom. The maximum absolute atomic E-state index is 3.92. The highest BCUT2D eigenvalue weighted by Crippen LogP contribution is 2.39. The molecule has 0 spiro atoms. The van der Waals surface area contributed by atoms with Crippen molar-refractivity contribution in [3.8, 4) is 55.9 Å². The summed E-state index contributed by atoms with van der Waals surface area (Å²) in [5.41, 5.74) is 18.1. The summed E-state index contributed by atoms with van der Waals surface area (Å²) < 4.78 is 4.80. The van der Waals surface area contributed by atoms with Gasteiger partial charge in [0.1, 0.15) is 0 Å². The van der Waals surface area contributed by atoms with Gasteiger partial charge < -0.3 is 9.13 Å². The smallest absolute Gasteiger partial charge is 0.0541 e. The van der Waals surface area contributed by atoms with E-state index in [9.17, 15) is 0 Å². The molecule has 9 aromatic carbocycles. The Kier molecular flexibility index (Phi) is 8.41. The first kappa shape index (κ1) is 34.6. The predicted molar refractivity (Wildman–Crippen MR) is 251 cm³/mol. The van der Waals surface area contributed by atoms with Crippen LogP contribution in [0, 0.1) is 0 Å². The number of hydrogen-bond donors (Lipinski definition) is 0. The summed E-state index contributed by atoms with van der Waals surface area (Å²) in [5.74, 6) is 0. The molecule has 11 aromatic rings.